The summed E-state index contributed by atoms with van der Waals surface area (Å²) in [7, 11) is -0.289. The molecule has 0 saturated carbocycles. The van der Waals surface area contributed by atoms with Crippen LogP contribution in [0.15, 0.2) is 18.2 Å². The Morgan fingerprint density at radius 2 is 1.40 bits per heavy atom. The van der Waals surface area contributed by atoms with Gasteiger partial charge in [-0.1, -0.05) is 32.8 Å². The molecule has 1 aromatic rings. The maximum Gasteiger partial charge on any atom is 0.494 e. The summed E-state index contributed by atoms with van der Waals surface area (Å²) in [6.45, 7) is 17.3. The topological polar surface area (TPSA) is 21.7 Å². The van der Waals surface area contributed by atoms with Gasteiger partial charge in [-0.05, 0) is 70.6 Å². The van der Waals surface area contributed by atoms with E-state index in [0.29, 0.717) is 0 Å². The fourth-order valence-electron chi connectivity index (χ4n) is 3.16. The predicted octanol–water partition coefficient (Wildman–Crippen LogP) is 4.70. The first-order valence-corrected chi connectivity index (χ1v) is 9.92. The summed E-state index contributed by atoms with van der Waals surface area (Å²) < 4.78 is 12.5. The summed E-state index contributed by atoms with van der Waals surface area (Å²) >= 11 is 0. The Kier molecular flexibility index (Phi) is 6.61. The van der Waals surface area contributed by atoms with Crippen LogP contribution in [0.5, 0.6) is 0 Å². The van der Waals surface area contributed by atoms with Crippen LogP contribution >= 0.6 is 0 Å². The Hall–Kier alpha value is -0.995. The number of anilines is 1. The monoisotopic (exact) mass is 345 g/mol. The third-order valence-electron chi connectivity index (χ3n) is 5.54. The van der Waals surface area contributed by atoms with Crippen molar-refractivity contribution in [2.24, 2.45) is 0 Å². The van der Waals surface area contributed by atoms with Crippen LogP contribution < -0.4 is 10.4 Å². The molecule has 1 aliphatic heterocycles. The largest absolute Gasteiger partial charge is 0.494 e. The predicted molar refractivity (Wildman–Crippen MR) is 109 cm³/mol. The summed E-state index contributed by atoms with van der Waals surface area (Å²) in [6, 6.07) is 6.75. The molecule has 0 aromatic heterocycles. The Bertz CT molecular complexity index is 547. The second-order valence-corrected chi connectivity index (χ2v) is 8.38. The van der Waals surface area contributed by atoms with Crippen molar-refractivity contribution in [2.75, 3.05) is 18.0 Å². The standard InChI is InChI=1S/C21H36BNO2/c1-8-10-12-23(13-11-9-2)19-15-17(3)14-18(16-19)22-24-20(4,5)21(6,7)25-22/h14-16H,8-13H2,1-7H3. The van der Waals surface area contributed by atoms with Crippen LogP contribution in [0.3, 0.4) is 0 Å². The molecule has 140 valence electrons. The molecule has 0 N–H and O–H groups in total. The first-order valence-electron chi connectivity index (χ1n) is 9.92. The first-order chi connectivity index (χ1) is 11.7. The third-order valence-corrected chi connectivity index (χ3v) is 5.54. The summed E-state index contributed by atoms with van der Waals surface area (Å²) in [6.07, 6.45) is 4.89. The highest BCUT2D eigenvalue weighted by atomic mass is 16.7. The van der Waals surface area contributed by atoms with Crippen molar-refractivity contribution < 1.29 is 9.31 Å². The smallest absolute Gasteiger partial charge is 0.399 e. The van der Waals surface area contributed by atoms with Crippen LogP contribution in [0.4, 0.5) is 5.69 Å². The number of unbranched alkanes of at least 4 members (excludes halogenated alkanes) is 2. The Balaban J connectivity index is 2.27. The van der Waals surface area contributed by atoms with Gasteiger partial charge in [-0.15, -0.1) is 0 Å². The number of hydrogen-bond donors (Lipinski definition) is 0. The zero-order chi connectivity index (χ0) is 18.7. The lowest BCUT2D eigenvalue weighted by molar-refractivity contribution is 0.00578. The van der Waals surface area contributed by atoms with Crippen molar-refractivity contribution >= 4 is 18.3 Å². The van der Waals surface area contributed by atoms with Gasteiger partial charge in [0.1, 0.15) is 0 Å². The molecular formula is C21H36BNO2. The summed E-state index contributed by atoms with van der Waals surface area (Å²) in [5.74, 6) is 0. The quantitative estimate of drug-likeness (QED) is 0.638. The van der Waals surface area contributed by atoms with Crippen LogP contribution in [0.25, 0.3) is 0 Å². The summed E-state index contributed by atoms with van der Waals surface area (Å²) in [4.78, 5) is 2.52. The highest BCUT2D eigenvalue weighted by Gasteiger charge is 2.51. The minimum atomic E-state index is -0.300. The van der Waals surface area contributed by atoms with Gasteiger partial charge in [-0.2, -0.15) is 0 Å². The van der Waals surface area contributed by atoms with E-state index in [0.717, 1.165) is 18.6 Å². The molecule has 0 unspecified atom stereocenters. The van der Waals surface area contributed by atoms with E-state index in [2.05, 4.69) is 71.6 Å². The number of rotatable bonds is 8. The molecule has 1 aliphatic rings. The molecule has 3 nitrogen and oxygen atoms in total. The Morgan fingerprint density at radius 3 is 1.88 bits per heavy atom. The molecule has 4 heteroatoms. The number of benzene rings is 1. The van der Waals surface area contributed by atoms with Gasteiger partial charge in [0.2, 0.25) is 0 Å². The lowest BCUT2D eigenvalue weighted by Gasteiger charge is -2.32. The van der Waals surface area contributed by atoms with Gasteiger partial charge in [-0.25, -0.2) is 0 Å². The molecule has 0 atom stereocenters. The number of hydrogen-bond acceptors (Lipinski definition) is 3. The minimum absolute atomic E-state index is 0.289. The second-order valence-electron chi connectivity index (χ2n) is 8.38. The van der Waals surface area contributed by atoms with E-state index in [1.165, 1.54) is 36.9 Å². The van der Waals surface area contributed by atoms with Gasteiger partial charge in [0.05, 0.1) is 11.2 Å². The first kappa shape index (κ1) is 20.3. The fourth-order valence-corrected chi connectivity index (χ4v) is 3.16. The average molecular weight is 345 g/mol. The molecule has 0 amide bonds. The number of nitrogens with zero attached hydrogens (tertiary/aromatic N) is 1. The molecule has 0 aliphatic carbocycles. The maximum absolute atomic E-state index is 6.26. The molecule has 1 saturated heterocycles. The Labute approximate surface area is 155 Å². The van der Waals surface area contributed by atoms with Gasteiger partial charge in [0, 0.05) is 18.8 Å². The zero-order valence-electron chi connectivity index (χ0n) is 17.3. The van der Waals surface area contributed by atoms with E-state index in [4.69, 9.17) is 9.31 Å². The van der Waals surface area contributed by atoms with Crippen molar-refractivity contribution in [3.8, 4) is 0 Å². The lowest BCUT2D eigenvalue weighted by Crippen LogP contribution is -2.41. The van der Waals surface area contributed by atoms with Gasteiger partial charge in [-0.3, -0.25) is 0 Å². The minimum Gasteiger partial charge on any atom is -0.399 e. The van der Waals surface area contributed by atoms with Crippen LogP contribution in [0, 0.1) is 6.92 Å². The normalized spacial score (nSPS) is 18.6. The van der Waals surface area contributed by atoms with Crippen LogP contribution in [-0.2, 0) is 9.31 Å². The molecule has 0 spiro atoms. The molecule has 1 aromatic carbocycles. The molecular weight excluding hydrogens is 309 g/mol. The summed E-state index contributed by atoms with van der Waals surface area (Å²) in [5, 5.41) is 0. The zero-order valence-corrected chi connectivity index (χ0v) is 17.3. The van der Waals surface area contributed by atoms with E-state index in [1.807, 2.05) is 0 Å². The maximum atomic E-state index is 6.26. The highest BCUT2D eigenvalue weighted by Crippen LogP contribution is 2.36. The molecule has 0 radical (unpaired) electrons. The van der Waals surface area contributed by atoms with Crippen LogP contribution in [0.2, 0.25) is 0 Å². The summed E-state index contributed by atoms with van der Waals surface area (Å²) in [5.41, 5.74) is 3.09. The highest BCUT2D eigenvalue weighted by molar-refractivity contribution is 6.62. The van der Waals surface area contributed by atoms with Crippen molar-refractivity contribution in [1.29, 1.82) is 0 Å². The van der Waals surface area contributed by atoms with Crippen LogP contribution in [0.1, 0.15) is 72.8 Å². The van der Waals surface area contributed by atoms with Crippen molar-refractivity contribution in [2.45, 2.75) is 85.4 Å². The van der Waals surface area contributed by atoms with E-state index in [-0.39, 0.29) is 18.3 Å². The van der Waals surface area contributed by atoms with Gasteiger partial charge >= 0.3 is 7.12 Å². The van der Waals surface area contributed by atoms with E-state index < -0.39 is 0 Å². The van der Waals surface area contributed by atoms with Crippen molar-refractivity contribution in [3.05, 3.63) is 23.8 Å². The average Bonchev–Trinajstić information content (AvgIpc) is 2.75. The molecule has 1 fully saturated rings. The van der Waals surface area contributed by atoms with Crippen LogP contribution in [-0.4, -0.2) is 31.4 Å². The Morgan fingerprint density at radius 1 is 0.880 bits per heavy atom. The molecule has 25 heavy (non-hydrogen) atoms. The molecule has 2 rings (SSSR count). The lowest BCUT2D eigenvalue weighted by atomic mass is 9.78. The second kappa shape index (κ2) is 8.13. The SMILES string of the molecule is CCCCN(CCCC)c1cc(C)cc(B2OC(C)(C)C(C)(C)O2)c1. The van der Waals surface area contributed by atoms with E-state index >= 15 is 0 Å². The van der Waals surface area contributed by atoms with E-state index in [1.54, 1.807) is 0 Å². The number of aryl methyl sites for hydroxylation is 1. The molecule has 1 heterocycles. The van der Waals surface area contributed by atoms with Crippen molar-refractivity contribution in [1.82, 2.24) is 0 Å². The van der Waals surface area contributed by atoms with E-state index in [9.17, 15) is 0 Å². The van der Waals surface area contributed by atoms with Gasteiger partial charge in [0.15, 0.2) is 0 Å². The third kappa shape index (κ3) is 4.80. The van der Waals surface area contributed by atoms with Gasteiger partial charge in [0.25, 0.3) is 0 Å². The fraction of sp³-hybridized carbons (Fsp3) is 0.714. The van der Waals surface area contributed by atoms with Crippen molar-refractivity contribution in [3.63, 3.8) is 0 Å². The molecule has 0 bridgehead atoms. The van der Waals surface area contributed by atoms with Gasteiger partial charge < -0.3 is 14.2 Å².